The Bertz CT molecular complexity index is 570. The van der Waals surface area contributed by atoms with Crippen molar-refractivity contribution in [3.05, 3.63) is 18.1 Å². The maximum atomic E-state index is 12.0. The van der Waals surface area contributed by atoms with Gasteiger partial charge in [0, 0.05) is 33.8 Å². The number of piperidine rings is 1. The highest BCUT2D eigenvalue weighted by Crippen LogP contribution is 2.36. The molecular formula is C16H24N4O3. The quantitative estimate of drug-likeness (QED) is 0.864. The maximum Gasteiger partial charge on any atom is 0.273 e. The number of carbonyl (C=O) groups is 1. The molecule has 1 N–H and O–H groups in total. The van der Waals surface area contributed by atoms with Crippen LogP contribution in [0.5, 0.6) is 0 Å². The molecule has 2 aliphatic rings. The summed E-state index contributed by atoms with van der Waals surface area (Å²) in [5.41, 5.74) is -0.0547. The molecule has 1 spiro atoms. The molecule has 7 heteroatoms. The van der Waals surface area contributed by atoms with Gasteiger partial charge in [-0.15, -0.1) is 0 Å². The van der Waals surface area contributed by atoms with Crippen LogP contribution in [0.15, 0.2) is 12.4 Å². The Hall–Kier alpha value is -1.73. The van der Waals surface area contributed by atoms with E-state index in [0.29, 0.717) is 11.5 Å². The first kappa shape index (κ1) is 16.1. The SMILES string of the molecule is CN(C)C(=O)c1cncc(N2CCC3(CC2)OCCCC3O)n1. The van der Waals surface area contributed by atoms with Crippen molar-refractivity contribution >= 4 is 11.7 Å². The number of aliphatic hydroxyl groups excluding tert-OH is 1. The molecule has 2 fully saturated rings. The van der Waals surface area contributed by atoms with Crippen molar-refractivity contribution in [2.75, 3.05) is 38.7 Å². The van der Waals surface area contributed by atoms with Gasteiger partial charge in [-0.3, -0.25) is 9.78 Å². The van der Waals surface area contributed by atoms with Crippen LogP contribution < -0.4 is 4.90 Å². The zero-order valence-corrected chi connectivity index (χ0v) is 13.7. The first-order valence-corrected chi connectivity index (χ1v) is 8.12. The molecule has 0 aromatic carbocycles. The molecular weight excluding hydrogens is 296 g/mol. The Labute approximate surface area is 136 Å². The van der Waals surface area contributed by atoms with E-state index in [-0.39, 0.29) is 12.0 Å². The summed E-state index contributed by atoms with van der Waals surface area (Å²) < 4.78 is 5.92. The molecule has 1 aromatic heterocycles. The van der Waals surface area contributed by atoms with E-state index in [1.165, 1.54) is 11.1 Å². The van der Waals surface area contributed by atoms with E-state index in [1.54, 1.807) is 20.3 Å². The third kappa shape index (κ3) is 3.16. The molecule has 3 rings (SSSR count). The monoisotopic (exact) mass is 320 g/mol. The van der Waals surface area contributed by atoms with Gasteiger partial charge in [-0.1, -0.05) is 0 Å². The molecule has 126 valence electrons. The van der Waals surface area contributed by atoms with Crippen LogP contribution in [0.1, 0.15) is 36.2 Å². The largest absolute Gasteiger partial charge is 0.390 e. The second-order valence-electron chi connectivity index (χ2n) is 6.52. The van der Waals surface area contributed by atoms with Crippen molar-refractivity contribution < 1.29 is 14.6 Å². The summed E-state index contributed by atoms with van der Waals surface area (Å²) in [6.07, 6.45) is 6.06. The number of carbonyl (C=O) groups excluding carboxylic acids is 1. The number of aliphatic hydroxyl groups is 1. The smallest absolute Gasteiger partial charge is 0.273 e. The van der Waals surface area contributed by atoms with Crippen LogP contribution in [0.3, 0.4) is 0 Å². The number of rotatable bonds is 2. The lowest BCUT2D eigenvalue weighted by atomic mass is 9.82. The van der Waals surface area contributed by atoms with Crippen LogP contribution in [0, 0.1) is 0 Å². The summed E-state index contributed by atoms with van der Waals surface area (Å²) in [6, 6.07) is 0. The number of hydrogen-bond acceptors (Lipinski definition) is 6. The Morgan fingerprint density at radius 1 is 1.39 bits per heavy atom. The third-order valence-electron chi connectivity index (χ3n) is 4.80. The molecule has 23 heavy (non-hydrogen) atoms. The Morgan fingerprint density at radius 3 is 2.78 bits per heavy atom. The van der Waals surface area contributed by atoms with Crippen molar-refractivity contribution in [3.63, 3.8) is 0 Å². The van der Waals surface area contributed by atoms with Gasteiger partial charge in [-0.25, -0.2) is 4.98 Å². The van der Waals surface area contributed by atoms with Crippen molar-refractivity contribution in [3.8, 4) is 0 Å². The summed E-state index contributed by atoms with van der Waals surface area (Å²) in [6.45, 7) is 2.21. The summed E-state index contributed by atoms with van der Waals surface area (Å²) in [7, 11) is 3.40. The first-order chi connectivity index (χ1) is 11.0. The maximum absolute atomic E-state index is 12.0. The molecule has 1 atom stereocenters. The third-order valence-corrected chi connectivity index (χ3v) is 4.80. The van der Waals surface area contributed by atoms with Crippen molar-refractivity contribution in [1.29, 1.82) is 0 Å². The molecule has 2 saturated heterocycles. The Kier molecular flexibility index (Phi) is 4.50. The fourth-order valence-corrected chi connectivity index (χ4v) is 3.34. The molecule has 3 heterocycles. The van der Waals surface area contributed by atoms with Crippen molar-refractivity contribution in [2.45, 2.75) is 37.4 Å². The van der Waals surface area contributed by atoms with Gasteiger partial charge in [0.1, 0.15) is 11.5 Å². The van der Waals surface area contributed by atoms with Gasteiger partial charge >= 0.3 is 0 Å². The van der Waals surface area contributed by atoms with E-state index in [4.69, 9.17) is 4.74 Å². The molecule has 0 radical (unpaired) electrons. The lowest BCUT2D eigenvalue weighted by Crippen LogP contribution is -2.55. The zero-order chi connectivity index (χ0) is 16.4. The molecule has 7 nitrogen and oxygen atoms in total. The molecule has 0 bridgehead atoms. The van der Waals surface area contributed by atoms with Gasteiger partial charge in [-0.2, -0.15) is 0 Å². The minimum atomic E-state index is -0.404. The zero-order valence-electron chi connectivity index (χ0n) is 13.7. The van der Waals surface area contributed by atoms with Gasteiger partial charge in [-0.05, 0) is 25.7 Å². The van der Waals surface area contributed by atoms with E-state index in [0.717, 1.165) is 45.4 Å². The van der Waals surface area contributed by atoms with Crippen LogP contribution in [-0.4, -0.2) is 71.4 Å². The predicted molar refractivity (Wildman–Crippen MR) is 85.4 cm³/mol. The lowest BCUT2D eigenvalue weighted by Gasteiger charge is -2.46. The number of hydrogen-bond donors (Lipinski definition) is 1. The van der Waals surface area contributed by atoms with E-state index < -0.39 is 5.60 Å². The standard InChI is InChI=1S/C16H24N4O3/c1-19(2)15(22)12-10-17-11-14(18-12)20-7-5-16(6-8-20)13(21)4-3-9-23-16/h10-11,13,21H,3-9H2,1-2H3. The van der Waals surface area contributed by atoms with Crippen LogP contribution in [0.25, 0.3) is 0 Å². The van der Waals surface area contributed by atoms with E-state index >= 15 is 0 Å². The topological polar surface area (TPSA) is 78.8 Å². The average Bonchev–Trinajstić information content (AvgIpc) is 2.58. The number of amides is 1. The highest BCUT2D eigenvalue weighted by atomic mass is 16.5. The van der Waals surface area contributed by atoms with Gasteiger partial charge < -0.3 is 19.6 Å². The molecule has 1 aromatic rings. The number of nitrogens with zero attached hydrogens (tertiary/aromatic N) is 4. The highest BCUT2D eigenvalue weighted by molar-refractivity contribution is 5.91. The second kappa shape index (κ2) is 6.41. The Morgan fingerprint density at radius 2 is 2.13 bits per heavy atom. The predicted octanol–water partition coefficient (Wildman–Crippen LogP) is 0.689. The van der Waals surface area contributed by atoms with Crippen molar-refractivity contribution in [1.82, 2.24) is 14.9 Å². The molecule has 0 saturated carbocycles. The average molecular weight is 320 g/mol. The van der Waals surface area contributed by atoms with Gasteiger partial charge in [0.25, 0.3) is 5.91 Å². The van der Waals surface area contributed by atoms with Gasteiger partial charge in [0.05, 0.1) is 24.1 Å². The van der Waals surface area contributed by atoms with E-state index in [2.05, 4.69) is 14.9 Å². The molecule has 2 aliphatic heterocycles. The molecule has 1 amide bonds. The molecule has 1 unspecified atom stereocenters. The summed E-state index contributed by atoms with van der Waals surface area (Å²) in [5.74, 6) is 0.553. The van der Waals surface area contributed by atoms with Crippen molar-refractivity contribution in [2.24, 2.45) is 0 Å². The van der Waals surface area contributed by atoms with Crippen LogP contribution in [0.4, 0.5) is 5.82 Å². The van der Waals surface area contributed by atoms with Crippen LogP contribution in [-0.2, 0) is 4.74 Å². The van der Waals surface area contributed by atoms with Gasteiger partial charge in [0.15, 0.2) is 0 Å². The number of aromatic nitrogens is 2. The summed E-state index contributed by atoms with van der Waals surface area (Å²) >= 11 is 0. The normalized spacial score (nSPS) is 23.8. The fourth-order valence-electron chi connectivity index (χ4n) is 3.34. The minimum absolute atomic E-state index is 0.154. The van der Waals surface area contributed by atoms with E-state index in [1.807, 2.05) is 0 Å². The highest BCUT2D eigenvalue weighted by Gasteiger charge is 2.43. The minimum Gasteiger partial charge on any atom is -0.390 e. The van der Waals surface area contributed by atoms with Crippen LogP contribution in [0.2, 0.25) is 0 Å². The Balaban J connectivity index is 1.70. The van der Waals surface area contributed by atoms with Gasteiger partial charge in [0.2, 0.25) is 0 Å². The second-order valence-corrected chi connectivity index (χ2v) is 6.52. The number of anilines is 1. The van der Waals surface area contributed by atoms with Crippen LogP contribution >= 0.6 is 0 Å². The number of ether oxygens (including phenoxy) is 1. The fraction of sp³-hybridized carbons (Fsp3) is 0.688. The summed E-state index contributed by atoms with van der Waals surface area (Å²) in [4.78, 5) is 24.2. The lowest BCUT2D eigenvalue weighted by molar-refractivity contribution is -0.164. The first-order valence-electron chi connectivity index (χ1n) is 8.12. The van der Waals surface area contributed by atoms with E-state index in [9.17, 15) is 9.90 Å². The molecule has 0 aliphatic carbocycles. The summed E-state index contributed by atoms with van der Waals surface area (Å²) in [5, 5.41) is 10.3.